The Bertz CT molecular complexity index is 634. The van der Waals surface area contributed by atoms with Crippen molar-refractivity contribution in [2.24, 2.45) is 10.9 Å². The Labute approximate surface area is 122 Å². The lowest BCUT2D eigenvalue weighted by Gasteiger charge is -2.10. The van der Waals surface area contributed by atoms with Gasteiger partial charge in [0, 0.05) is 11.8 Å². The van der Waals surface area contributed by atoms with Crippen LogP contribution in [-0.4, -0.2) is 16.0 Å². The van der Waals surface area contributed by atoms with E-state index in [1.54, 1.807) is 6.07 Å². The van der Waals surface area contributed by atoms with Gasteiger partial charge >= 0.3 is 0 Å². The fourth-order valence-corrected chi connectivity index (χ4v) is 1.99. The molecule has 0 radical (unpaired) electrons. The molecule has 0 atom stereocenters. The van der Waals surface area contributed by atoms with Crippen LogP contribution in [0.5, 0.6) is 11.6 Å². The van der Waals surface area contributed by atoms with Crippen LogP contribution in [0, 0.1) is 0 Å². The summed E-state index contributed by atoms with van der Waals surface area (Å²) in [6.07, 6.45) is 1.46. The number of benzene rings is 1. The molecule has 2 rings (SSSR count). The van der Waals surface area contributed by atoms with Gasteiger partial charge in [-0.3, -0.25) is 0 Å². The van der Waals surface area contributed by atoms with Crippen LogP contribution in [0.3, 0.4) is 0 Å². The van der Waals surface area contributed by atoms with Crippen LogP contribution in [0.2, 0.25) is 5.02 Å². The highest BCUT2D eigenvalue weighted by atomic mass is 79.9. The predicted molar refractivity (Wildman–Crippen MR) is 76.0 cm³/mol. The van der Waals surface area contributed by atoms with E-state index >= 15 is 0 Å². The van der Waals surface area contributed by atoms with Gasteiger partial charge in [-0.2, -0.15) is 0 Å². The van der Waals surface area contributed by atoms with Gasteiger partial charge in [-0.05, 0) is 34.1 Å². The lowest BCUT2D eigenvalue weighted by Crippen LogP contribution is -2.14. The average molecular weight is 343 g/mol. The molecule has 1 aromatic heterocycles. The Balaban J connectivity index is 2.40. The molecule has 0 aliphatic rings. The minimum absolute atomic E-state index is 0.107. The van der Waals surface area contributed by atoms with E-state index in [0.29, 0.717) is 11.3 Å². The first-order valence-electron chi connectivity index (χ1n) is 5.18. The molecule has 0 fully saturated rings. The Morgan fingerprint density at radius 1 is 1.37 bits per heavy atom. The molecule has 3 N–H and O–H groups in total. The molecule has 1 aromatic carbocycles. The van der Waals surface area contributed by atoms with Crippen LogP contribution in [0.15, 0.2) is 46.2 Å². The molecule has 19 heavy (non-hydrogen) atoms. The third-order valence-corrected chi connectivity index (χ3v) is 3.30. The van der Waals surface area contributed by atoms with Gasteiger partial charge in [0.1, 0.15) is 10.8 Å². The summed E-state index contributed by atoms with van der Waals surface area (Å²) >= 11 is 9.47. The number of para-hydroxylation sites is 1. The van der Waals surface area contributed by atoms with Gasteiger partial charge < -0.3 is 15.7 Å². The molecule has 0 unspecified atom stereocenters. The standard InChI is InChI=1S/C12H9BrClN3O2/c13-8-3-1-2-4-9(8)19-12-10(14)7(5-6-16-12)11(15)17-18/h1-6,18H,(H2,15,17). The van der Waals surface area contributed by atoms with Crippen molar-refractivity contribution in [3.05, 3.63) is 51.6 Å². The summed E-state index contributed by atoms with van der Waals surface area (Å²) in [5.74, 6) is 0.635. The van der Waals surface area contributed by atoms with E-state index in [1.807, 2.05) is 18.2 Å². The number of aromatic nitrogens is 1. The van der Waals surface area contributed by atoms with E-state index in [1.165, 1.54) is 12.3 Å². The van der Waals surface area contributed by atoms with Gasteiger partial charge in [0.15, 0.2) is 5.84 Å². The molecule has 0 bridgehead atoms. The maximum absolute atomic E-state index is 8.67. The van der Waals surface area contributed by atoms with Crippen molar-refractivity contribution < 1.29 is 9.94 Å². The lowest BCUT2D eigenvalue weighted by molar-refractivity contribution is 0.318. The van der Waals surface area contributed by atoms with Crippen molar-refractivity contribution >= 4 is 33.4 Å². The molecule has 0 aliphatic heterocycles. The smallest absolute Gasteiger partial charge is 0.238 e. The van der Waals surface area contributed by atoms with Crippen molar-refractivity contribution in [2.45, 2.75) is 0 Å². The van der Waals surface area contributed by atoms with Gasteiger partial charge in [-0.15, -0.1) is 0 Å². The quantitative estimate of drug-likeness (QED) is 0.388. The molecule has 7 heteroatoms. The molecule has 0 amide bonds. The molecule has 5 nitrogen and oxygen atoms in total. The number of hydrogen-bond acceptors (Lipinski definition) is 4. The molecular weight excluding hydrogens is 334 g/mol. The van der Waals surface area contributed by atoms with Gasteiger partial charge in [-0.1, -0.05) is 28.9 Å². The zero-order chi connectivity index (χ0) is 13.8. The first-order valence-corrected chi connectivity index (χ1v) is 6.35. The third-order valence-electron chi connectivity index (χ3n) is 2.28. The number of nitrogens with two attached hydrogens (primary N) is 1. The van der Waals surface area contributed by atoms with Gasteiger partial charge in [0.25, 0.3) is 0 Å². The van der Waals surface area contributed by atoms with Crippen molar-refractivity contribution in [2.75, 3.05) is 0 Å². The van der Waals surface area contributed by atoms with E-state index in [9.17, 15) is 0 Å². The lowest BCUT2D eigenvalue weighted by atomic mass is 10.2. The number of pyridine rings is 1. The molecule has 0 spiro atoms. The first kappa shape index (κ1) is 13.6. The predicted octanol–water partition coefficient (Wildman–Crippen LogP) is 3.38. The van der Waals surface area contributed by atoms with Crippen molar-refractivity contribution in [3.8, 4) is 11.6 Å². The van der Waals surface area contributed by atoms with Gasteiger partial charge in [-0.25, -0.2) is 4.98 Å². The van der Waals surface area contributed by atoms with E-state index in [4.69, 9.17) is 27.3 Å². The van der Waals surface area contributed by atoms with Crippen LogP contribution in [-0.2, 0) is 0 Å². The van der Waals surface area contributed by atoms with Crippen molar-refractivity contribution in [1.29, 1.82) is 0 Å². The number of ether oxygens (including phenoxy) is 1. The molecule has 2 aromatic rings. The number of halogens is 2. The Hall–Kier alpha value is -1.79. The van der Waals surface area contributed by atoms with Crippen LogP contribution in [0.1, 0.15) is 5.56 Å². The second kappa shape index (κ2) is 5.90. The van der Waals surface area contributed by atoms with Gasteiger partial charge in [0.2, 0.25) is 5.88 Å². The summed E-state index contributed by atoms with van der Waals surface area (Å²) in [6, 6.07) is 8.80. The molecule has 0 aliphatic carbocycles. The van der Waals surface area contributed by atoms with E-state index in [2.05, 4.69) is 26.1 Å². The Kier molecular flexibility index (Phi) is 4.24. The average Bonchev–Trinajstić information content (AvgIpc) is 2.42. The Morgan fingerprint density at radius 2 is 2.11 bits per heavy atom. The van der Waals surface area contributed by atoms with E-state index < -0.39 is 0 Å². The summed E-state index contributed by atoms with van der Waals surface area (Å²) in [6.45, 7) is 0. The van der Waals surface area contributed by atoms with Crippen molar-refractivity contribution in [1.82, 2.24) is 4.98 Å². The maximum Gasteiger partial charge on any atom is 0.238 e. The zero-order valence-electron chi connectivity index (χ0n) is 9.55. The van der Waals surface area contributed by atoms with E-state index in [-0.39, 0.29) is 16.7 Å². The third kappa shape index (κ3) is 2.97. The maximum atomic E-state index is 8.67. The number of amidine groups is 1. The molecule has 0 saturated carbocycles. The second-order valence-electron chi connectivity index (χ2n) is 3.50. The summed E-state index contributed by atoms with van der Waals surface area (Å²) in [7, 11) is 0. The second-order valence-corrected chi connectivity index (χ2v) is 4.73. The van der Waals surface area contributed by atoms with Crippen LogP contribution in [0.25, 0.3) is 0 Å². The van der Waals surface area contributed by atoms with Crippen LogP contribution < -0.4 is 10.5 Å². The monoisotopic (exact) mass is 341 g/mol. The molecule has 98 valence electrons. The molecule has 0 saturated heterocycles. The minimum Gasteiger partial charge on any atom is -0.436 e. The highest BCUT2D eigenvalue weighted by Gasteiger charge is 2.13. The molecular formula is C12H9BrClN3O2. The summed E-state index contributed by atoms with van der Waals surface area (Å²) in [5.41, 5.74) is 5.86. The minimum atomic E-state index is -0.107. The van der Waals surface area contributed by atoms with Crippen molar-refractivity contribution in [3.63, 3.8) is 0 Å². The normalized spacial score (nSPS) is 11.4. The summed E-state index contributed by atoms with van der Waals surface area (Å²) in [5, 5.41) is 11.8. The first-order chi connectivity index (χ1) is 9.13. The number of hydrogen-bond donors (Lipinski definition) is 2. The SMILES string of the molecule is N/C(=N/O)c1ccnc(Oc2ccccc2Br)c1Cl. The van der Waals surface area contributed by atoms with E-state index in [0.717, 1.165) is 4.47 Å². The summed E-state index contributed by atoms with van der Waals surface area (Å²) < 4.78 is 6.36. The highest BCUT2D eigenvalue weighted by Crippen LogP contribution is 2.33. The van der Waals surface area contributed by atoms with Crippen LogP contribution in [0.4, 0.5) is 0 Å². The molecule has 1 heterocycles. The number of oxime groups is 1. The zero-order valence-corrected chi connectivity index (χ0v) is 11.9. The number of nitrogens with zero attached hydrogens (tertiary/aromatic N) is 2. The highest BCUT2D eigenvalue weighted by molar-refractivity contribution is 9.10. The topological polar surface area (TPSA) is 80.7 Å². The van der Waals surface area contributed by atoms with Crippen LogP contribution >= 0.6 is 27.5 Å². The fraction of sp³-hybridized carbons (Fsp3) is 0. The fourth-order valence-electron chi connectivity index (χ4n) is 1.38. The number of rotatable bonds is 3. The summed E-state index contributed by atoms with van der Waals surface area (Å²) in [4.78, 5) is 4.02. The van der Waals surface area contributed by atoms with Gasteiger partial charge in [0.05, 0.1) is 4.47 Å². The largest absolute Gasteiger partial charge is 0.436 e. The Morgan fingerprint density at radius 3 is 2.79 bits per heavy atom.